The number of ether oxygens (including phenoxy) is 1. The van der Waals surface area contributed by atoms with Crippen LogP contribution in [-0.2, 0) is 16.1 Å². The summed E-state index contributed by atoms with van der Waals surface area (Å²) in [6.45, 7) is 8.43. The Labute approximate surface area is 166 Å². The molecule has 0 atom stereocenters. The van der Waals surface area contributed by atoms with Crippen LogP contribution in [0, 0.1) is 5.82 Å². The second kappa shape index (κ2) is 9.82. The minimum atomic E-state index is -0.267. The average molecular weight is 398 g/mol. The summed E-state index contributed by atoms with van der Waals surface area (Å²) < 4.78 is 19.6. The molecule has 0 bridgehead atoms. The molecule has 5 nitrogen and oxygen atoms in total. The minimum absolute atomic E-state index is 0.188. The van der Waals surface area contributed by atoms with Crippen LogP contribution in [0.2, 0.25) is 5.02 Å². The Hall–Kier alpha value is -1.21. The smallest absolute Gasteiger partial charge is 0.236 e. The Morgan fingerprint density at radius 2 is 1.85 bits per heavy atom. The van der Waals surface area contributed by atoms with Crippen LogP contribution in [0.25, 0.3) is 0 Å². The van der Waals surface area contributed by atoms with E-state index in [0.29, 0.717) is 42.9 Å². The van der Waals surface area contributed by atoms with E-state index in [1.807, 2.05) is 11.8 Å². The van der Waals surface area contributed by atoms with Crippen molar-refractivity contribution in [3.63, 3.8) is 0 Å². The van der Waals surface area contributed by atoms with Crippen LogP contribution in [-0.4, -0.2) is 79.1 Å². The number of piperidine rings is 1. The molecule has 1 amide bonds. The topological polar surface area (TPSA) is 36.0 Å². The molecule has 0 spiro atoms. The van der Waals surface area contributed by atoms with E-state index in [9.17, 15) is 9.18 Å². The van der Waals surface area contributed by atoms with E-state index >= 15 is 0 Å². The molecule has 27 heavy (non-hydrogen) atoms. The van der Waals surface area contributed by atoms with Gasteiger partial charge in [-0.25, -0.2) is 4.39 Å². The number of rotatable bonds is 6. The maximum absolute atomic E-state index is 14.0. The summed E-state index contributed by atoms with van der Waals surface area (Å²) in [4.78, 5) is 18.9. The molecule has 0 N–H and O–H groups in total. The third kappa shape index (κ3) is 5.64. The van der Waals surface area contributed by atoms with Crippen LogP contribution >= 0.6 is 11.6 Å². The molecule has 0 radical (unpaired) electrons. The van der Waals surface area contributed by atoms with Gasteiger partial charge in [-0.15, -0.1) is 0 Å². The van der Waals surface area contributed by atoms with Gasteiger partial charge in [-0.2, -0.15) is 0 Å². The van der Waals surface area contributed by atoms with E-state index in [1.165, 1.54) is 6.07 Å². The van der Waals surface area contributed by atoms with E-state index in [-0.39, 0.29) is 11.7 Å². The lowest BCUT2D eigenvalue weighted by Gasteiger charge is -2.37. The minimum Gasteiger partial charge on any atom is -0.378 e. The van der Waals surface area contributed by atoms with Gasteiger partial charge in [0.05, 0.1) is 12.6 Å². The molecular weight excluding hydrogens is 369 g/mol. The first-order valence-corrected chi connectivity index (χ1v) is 10.2. The van der Waals surface area contributed by atoms with Crippen molar-refractivity contribution in [2.24, 2.45) is 0 Å². The number of hydrogen-bond acceptors (Lipinski definition) is 4. The quantitative estimate of drug-likeness (QED) is 0.739. The highest BCUT2D eigenvalue weighted by Crippen LogP contribution is 2.21. The summed E-state index contributed by atoms with van der Waals surface area (Å²) in [7, 11) is 0. The van der Waals surface area contributed by atoms with Crippen molar-refractivity contribution in [3.8, 4) is 0 Å². The van der Waals surface area contributed by atoms with Crippen molar-refractivity contribution in [2.75, 3.05) is 52.4 Å². The molecule has 0 aliphatic carbocycles. The normalized spacial score (nSPS) is 20.2. The molecule has 2 saturated heterocycles. The van der Waals surface area contributed by atoms with Crippen LogP contribution in [0.3, 0.4) is 0 Å². The van der Waals surface area contributed by atoms with Crippen LogP contribution < -0.4 is 0 Å². The first kappa shape index (κ1) is 20.5. The molecule has 3 rings (SSSR count). The van der Waals surface area contributed by atoms with Crippen molar-refractivity contribution in [3.05, 3.63) is 34.6 Å². The van der Waals surface area contributed by atoms with Crippen LogP contribution in [0.5, 0.6) is 0 Å². The molecule has 0 saturated carbocycles. The van der Waals surface area contributed by atoms with Crippen molar-refractivity contribution >= 4 is 17.5 Å². The molecule has 2 heterocycles. The van der Waals surface area contributed by atoms with Gasteiger partial charge in [0.15, 0.2) is 0 Å². The summed E-state index contributed by atoms with van der Waals surface area (Å²) in [6.07, 6.45) is 2.34. The lowest BCUT2D eigenvalue weighted by molar-refractivity contribution is -0.135. The van der Waals surface area contributed by atoms with Gasteiger partial charge in [0.1, 0.15) is 5.82 Å². The summed E-state index contributed by atoms with van der Waals surface area (Å²) >= 11 is 6.12. The number of carbonyl (C=O) groups is 1. The molecule has 2 aliphatic heterocycles. The average Bonchev–Trinajstić information content (AvgIpc) is 2.67. The summed E-state index contributed by atoms with van der Waals surface area (Å²) in [5, 5.41) is 0.462. The van der Waals surface area contributed by atoms with Gasteiger partial charge in [-0.1, -0.05) is 17.7 Å². The highest BCUT2D eigenvalue weighted by atomic mass is 35.5. The number of hydrogen-bond donors (Lipinski definition) is 0. The Balaban J connectivity index is 1.42. The number of amides is 1. The largest absolute Gasteiger partial charge is 0.378 e. The molecular formula is C20H29ClFN3O2. The molecule has 7 heteroatoms. The fourth-order valence-corrected chi connectivity index (χ4v) is 4.05. The van der Waals surface area contributed by atoms with Gasteiger partial charge < -0.3 is 9.64 Å². The number of benzene rings is 1. The summed E-state index contributed by atoms with van der Waals surface area (Å²) in [5.74, 6) is -0.0788. The van der Waals surface area contributed by atoms with E-state index in [1.54, 1.807) is 12.1 Å². The first-order chi connectivity index (χ1) is 13.1. The lowest BCUT2D eigenvalue weighted by Crippen LogP contribution is -2.51. The fraction of sp³-hybridized carbons (Fsp3) is 0.650. The lowest BCUT2D eigenvalue weighted by atomic mass is 10.1. The molecule has 1 aromatic rings. The van der Waals surface area contributed by atoms with E-state index in [4.69, 9.17) is 16.3 Å². The maximum Gasteiger partial charge on any atom is 0.236 e. The third-order valence-electron chi connectivity index (χ3n) is 5.46. The van der Waals surface area contributed by atoms with Gasteiger partial charge in [0, 0.05) is 63.0 Å². The highest BCUT2D eigenvalue weighted by Gasteiger charge is 2.26. The predicted octanol–water partition coefficient (Wildman–Crippen LogP) is 2.62. The zero-order valence-electron chi connectivity index (χ0n) is 16.0. The van der Waals surface area contributed by atoms with Crippen LogP contribution in [0.1, 0.15) is 25.3 Å². The highest BCUT2D eigenvalue weighted by molar-refractivity contribution is 6.31. The molecule has 150 valence electrons. The van der Waals surface area contributed by atoms with Crippen molar-refractivity contribution in [1.82, 2.24) is 14.7 Å². The van der Waals surface area contributed by atoms with Crippen molar-refractivity contribution in [2.45, 2.75) is 32.4 Å². The van der Waals surface area contributed by atoms with Gasteiger partial charge in [-0.3, -0.25) is 14.6 Å². The standard InChI is InChI=1S/C20H29ClFN3O2/c1-2-27-16-6-8-23(9-7-16)15-20(26)25-12-10-24(11-13-25)14-17-18(21)4-3-5-19(17)22/h3-5,16H,2,6-15H2,1H3. The second-order valence-corrected chi connectivity index (χ2v) is 7.70. The monoisotopic (exact) mass is 397 g/mol. The first-order valence-electron chi connectivity index (χ1n) is 9.83. The second-order valence-electron chi connectivity index (χ2n) is 7.29. The van der Waals surface area contributed by atoms with Gasteiger partial charge >= 0.3 is 0 Å². The molecule has 2 aliphatic rings. The number of piperazine rings is 1. The zero-order valence-corrected chi connectivity index (χ0v) is 16.8. The van der Waals surface area contributed by atoms with Crippen LogP contribution in [0.15, 0.2) is 18.2 Å². The summed E-state index contributed by atoms with van der Waals surface area (Å²) in [5.41, 5.74) is 0.538. The van der Waals surface area contributed by atoms with Gasteiger partial charge in [-0.05, 0) is 31.9 Å². The fourth-order valence-electron chi connectivity index (χ4n) is 3.82. The van der Waals surface area contributed by atoms with E-state index < -0.39 is 0 Å². The van der Waals surface area contributed by atoms with Gasteiger partial charge in [0.25, 0.3) is 0 Å². The molecule has 0 unspecified atom stereocenters. The maximum atomic E-state index is 14.0. The predicted molar refractivity (Wildman–Crippen MR) is 104 cm³/mol. The Morgan fingerprint density at radius 1 is 1.15 bits per heavy atom. The molecule has 1 aromatic carbocycles. The SMILES string of the molecule is CCOC1CCN(CC(=O)N2CCN(Cc3c(F)cccc3Cl)CC2)CC1. The third-order valence-corrected chi connectivity index (χ3v) is 5.82. The Kier molecular flexibility index (Phi) is 7.47. The number of halogens is 2. The number of carbonyl (C=O) groups excluding carboxylic acids is 1. The van der Waals surface area contributed by atoms with Crippen LogP contribution in [0.4, 0.5) is 4.39 Å². The molecule has 2 fully saturated rings. The Bertz CT molecular complexity index is 609. The van der Waals surface area contributed by atoms with Crippen molar-refractivity contribution < 1.29 is 13.9 Å². The number of likely N-dealkylation sites (tertiary alicyclic amines) is 1. The van der Waals surface area contributed by atoms with E-state index in [2.05, 4.69) is 9.80 Å². The van der Waals surface area contributed by atoms with Gasteiger partial charge in [0.2, 0.25) is 5.91 Å². The summed E-state index contributed by atoms with van der Waals surface area (Å²) in [6, 6.07) is 4.78. The zero-order chi connectivity index (χ0) is 19.2. The van der Waals surface area contributed by atoms with Crippen molar-refractivity contribution in [1.29, 1.82) is 0 Å². The van der Waals surface area contributed by atoms with E-state index in [0.717, 1.165) is 45.6 Å². The number of nitrogens with zero attached hydrogens (tertiary/aromatic N) is 3. The Morgan fingerprint density at radius 3 is 2.48 bits per heavy atom. The molecule has 0 aromatic heterocycles.